The van der Waals surface area contributed by atoms with Gasteiger partial charge in [-0.2, -0.15) is 4.98 Å². The Morgan fingerprint density at radius 2 is 2.50 bits per heavy atom. The summed E-state index contributed by atoms with van der Waals surface area (Å²) in [6.07, 6.45) is 0.512. The summed E-state index contributed by atoms with van der Waals surface area (Å²) in [5, 5.41) is 12.2. The first-order chi connectivity index (χ1) is 9.60. The van der Waals surface area contributed by atoms with Crippen LogP contribution in [0, 0.1) is 0 Å². The number of carbonyl (C=O) groups excluding carboxylic acids is 1. The van der Waals surface area contributed by atoms with Gasteiger partial charge in [0.05, 0.1) is 26.4 Å². The highest BCUT2D eigenvalue weighted by molar-refractivity contribution is 5.88. The van der Waals surface area contributed by atoms with Crippen LogP contribution in [0.5, 0.6) is 6.01 Å². The molecule has 0 bridgehead atoms. The highest BCUT2D eigenvalue weighted by Gasteiger charge is 2.27. The summed E-state index contributed by atoms with van der Waals surface area (Å²) < 4.78 is 10.3. The second-order valence-electron chi connectivity index (χ2n) is 4.45. The molecule has 110 valence electrons. The number of nitrogens with one attached hydrogen (secondary N) is 1. The molecule has 2 atom stereocenters. The molecule has 0 radical (unpaired) electrons. The second-order valence-corrected chi connectivity index (χ2v) is 4.45. The molecule has 2 unspecified atom stereocenters. The quantitative estimate of drug-likeness (QED) is 0.816. The van der Waals surface area contributed by atoms with Crippen LogP contribution in [0.25, 0.3) is 0 Å². The first-order valence-corrected chi connectivity index (χ1v) is 6.33. The summed E-state index contributed by atoms with van der Waals surface area (Å²) in [6.45, 7) is 2.85. The van der Waals surface area contributed by atoms with Crippen molar-refractivity contribution >= 4 is 11.8 Å². The highest BCUT2D eigenvalue weighted by atomic mass is 16.5. The molecule has 2 rings (SSSR count). The smallest absolute Gasteiger partial charge is 0.323 e. The molecule has 8 heteroatoms. The number of morpholine rings is 1. The number of aromatic nitrogens is 2. The molecule has 1 aromatic rings. The molecule has 8 nitrogen and oxygen atoms in total. The minimum absolute atomic E-state index is 0.187. The number of nitrogens with zero attached hydrogens (tertiary/aromatic N) is 3. The molecule has 1 aliphatic rings. The van der Waals surface area contributed by atoms with Gasteiger partial charge < -0.3 is 19.5 Å². The van der Waals surface area contributed by atoms with Crippen molar-refractivity contribution in [2.24, 2.45) is 0 Å². The van der Waals surface area contributed by atoms with Crippen LogP contribution in [0.1, 0.15) is 6.92 Å². The summed E-state index contributed by atoms with van der Waals surface area (Å²) in [6, 6.07) is 1.47. The largest absolute Gasteiger partial charge is 0.467 e. The summed E-state index contributed by atoms with van der Waals surface area (Å²) in [5.41, 5.74) is 0. The van der Waals surface area contributed by atoms with Crippen LogP contribution in [0.3, 0.4) is 0 Å². The molecule has 2 heterocycles. The molecule has 2 amide bonds. The van der Waals surface area contributed by atoms with Crippen LogP contribution < -0.4 is 10.1 Å². The van der Waals surface area contributed by atoms with Crippen LogP contribution in [0.4, 0.5) is 10.6 Å². The summed E-state index contributed by atoms with van der Waals surface area (Å²) >= 11 is 0. The van der Waals surface area contributed by atoms with E-state index >= 15 is 0 Å². The maximum atomic E-state index is 12.1. The van der Waals surface area contributed by atoms with E-state index in [-0.39, 0.29) is 18.1 Å². The van der Waals surface area contributed by atoms with Gasteiger partial charge in [-0.1, -0.05) is 0 Å². The number of aliphatic hydroxyl groups excluding tert-OH is 1. The van der Waals surface area contributed by atoms with Gasteiger partial charge in [0, 0.05) is 12.7 Å². The van der Waals surface area contributed by atoms with E-state index in [2.05, 4.69) is 15.3 Å². The molecular formula is C12H18N4O4. The summed E-state index contributed by atoms with van der Waals surface area (Å²) in [5.74, 6) is 0.363. The number of hydrogen-bond acceptors (Lipinski definition) is 6. The van der Waals surface area contributed by atoms with Gasteiger partial charge >= 0.3 is 12.0 Å². The van der Waals surface area contributed by atoms with Gasteiger partial charge in [0.1, 0.15) is 11.9 Å². The molecule has 1 aliphatic heterocycles. The fourth-order valence-electron chi connectivity index (χ4n) is 1.85. The van der Waals surface area contributed by atoms with E-state index in [1.54, 1.807) is 17.9 Å². The number of amides is 2. The lowest BCUT2D eigenvalue weighted by Gasteiger charge is -2.34. The zero-order chi connectivity index (χ0) is 14.5. The Morgan fingerprint density at radius 1 is 1.70 bits per heavy atom. The predicted molar refractivity (Wildman–Crippen MR) is 70.6 cm³/mol. The summed E-state index contributed by atoms with van der Waals surface area (Å²) in [7, 11) is 1.45. The predicted octanol–water partition coefficient (Wildman–Crippen LogP) is 0.0987. The standard InChI is InChI=1S/C12H18N4O4/c1-8(17)9-7-16(5-6-20-9)12(18)15-10-3-4-13-11(14-10)19-2/h3-4,8-9,17H,5-7H2,1-2H3,(H,13,14,15,18). The molecular weight excluding hydrogens is 264 g/mol. The number of anilines is 1. The highest BCUT2D eigenvalue weighted by Crippen LogP contribution is 2.12. The number of methoxy groups -OCH3 is 1. The lowest BCUT2D eigenvalue weighted by molar-refractivity contribution is -0.0709. The van der Waals surface area contributed by atoms with Crippen molar-refractivity contribution in [3.8, 4) is 6.01 Å². The lowest BCUT2D eigenvalue weighted by Crippen LogP contribution is -2.50. The molecule has 0 saturated carbocycles. The van der Waals surface area contributed by atoms with Crippen molar-refractivity contribution in [2.45, 2.75) is 19.1 Å². The van der Waals surface area contributed by atoms with E-state index in [1.807, 2.05) is 0 Å². The lowest BCUT2D eigenvalue weighted by atomic mass is 10.2. The third-order valence-electron chi connectivity index (χ3n) is 2.97. The van der Waals surface area contributed by atoms with Gasteiger partial charge in [0.15, 0.2) is 0 Å². The third-order valence-corrected chi connectivity index (χ3v) is 2.97. The number of aliphatic hydroxyl groups is 1. The zero-order valence-electron chi connectivity index (χ0n) is 11.4. The van der Waals surface area contributed by atoms with Crippen molar-refractivity contribution in [3.63, 3.8) is 0 Å². The molecule has 1 fully saturated rings. The van der Waals surface area contributed by atoms with Crippen LogP contribution in [0.2, 0.25) is 0 Å². The van der Waals surface area contributed by atoms with Crippen LogP contribution in [-0.2, 0) is 4.74 Å². The van der Waals surface area contributed by atoms with Gasteiger partial charge in [-0.25, -0.2) is 9.78 Å². The van der Waals surface area contributed by atoms with Crippen molar-refractivity contribution in [3.05, 3.63) is 12.3 Å². The van der Waals surface area contributed by atoms with Crippen LogP contribution in [-0.4, -0.2) is 65.0 Å². The maximum Gasteiger partial charge on any atom is 0.323 e. The molecule has 0 aromatic carbocycles. The Hall–Kier alpha value is -1.93. The Balaban J connectivity index is 1.97. The number of rotatable bonds is 3. The van der Waals surface area contributed by atoms with Crippen LogP contribution in [0.15, 0.2) is 12.3 Å². The van der Waals surface area contributed by atoms with Crippen molar-refractivity contribution in [1.29, 1.82) is 0 Å². The van der Waals surface area contributed by atoms with Crippen molar-refractivity contribution in [2.75, 3.05) is 32.1 Å². The molecule has 2 N–H and O–H groups in total. The number of urea groups is 1. The van der Waals surface area contributed by atoms with Crippen molar-refractivity contribution in [1.82, 2.24) is 14.9 Å². The topological polar surface area (TPSA) is 96.8 Å². The minimum Gasteiger partial charge on any atom is -0.467 e. The molecule has 1 saturated heterocycles. The summed E-state index contributed by atoms with van der Waals surface area (Å²) in [4.78, 5) is 21.6. The second kappa shape index (κ2) is 6.49. The maximum absolute atomic E-state index is 12.1. The first-order valence-electron chi connectivity index (χ1n) is 6.33. The van der Waals surface area contributed by atoms with E-state index in [1.165, 1.54) is 13.3 Å². The van der Waals surface area contributed by atoms with Gasteiger partial charge in [-0.05, 0) is 13.0 Å². The van der Waals surface area contributed by atoms with E-state index in [4.69, 9.17) is 9.47 Å². The van der Waals surface area contributed by atoms with Gasteiger partial charge in [-0.3, -0.25) is 5.32 Å². The molecule has 0 spiro atoms. The number of ether oxygens (including phenoxy) is 2. The monoisotopic (exact) mass is 282 g/mol. The average Bonchev–Trinajstić information content (AvgIpc) is 2.47. The van der Waals surface area contributed by atoms with Gasteiger partial charge in [0.25, 0.3) is 0 Å². The Kier molecular flexibility index (Phi) is 4.70. The van der Waals surface area contributed by atoms with Gasteiger partial charge in [-0.15, -0.1) is 0 Å². The normalized spacial score (nSPS) is 20.4. The Morgan fingerprint density at radius 3 is 3.20 bits per heavy atom. The number of hydrogen-bond donors (Lipinski definition) is 2. The SMILES string of the molecule is COc1nccc(NC(=O)N2CCOC(C(C)O)C2)n1. The minimum atomic E-state index is -0.621. The number of carbonyl (C=O) groups is 1. The molecule has 20 heavy (non-hydrogen) atoms. The van der Waals surface area contributed by atoms with E-state index in [9.17, 15) is 9.90 Å². The molecule has 0 aliphatic carbocycles. The Labute approximate surface area is 116 Å². The molecule has 1 aromatic heterocycles. The van der Waals surface area contributed by atoms with E-state index in [0.717, 1.165) is 0 Å². The van der Waals surface area contributed by atoms with Crippen LogP contribution >= 0.6 is 0 Å². The van der Waals surface area contributed by atoms with Gasteiger partial charge in [0.2, 0.25) is 0 Å². The van der Waals surface area contributed by atoms with E-state index in [0.29, 0.717) is 25.5 Å². The first kappa shape index (κ1) is 14.5. The van der Waals surface area contributed by atoms with Crippen molar-refractivity contribution < 1.29 is 19.4 Å². The average molecular weight is 282 g/mol. The third kappa shape index (κ3) is 3.55. The fraction of sp³-hybridized carbons (Fsp3) is 0.583. The van der Waals surface area contributed by atoms with E-state index < -0.39 is 6.10 Å². The zero-order valence-corrected chi connectivity index (χ0v) is 11.4. The fourth-order valence-corrected chi connectivity index (χ4v) is 1.85. The Bertz CT molecular complexity index is 469.